The van der Waals surface area contributed by atoms with Crippen LogP contribution >= 0.6 is 0 Å². The molecule has 0 aliphatic rings. The van der Waals surface area contributed by atoms with Gasteiger partial charge in [0.2, 0.25) is 5.91 Å². The van der Waals surface area contributed by atoms with Gasteiger partial charge in [-0.05, 0) is 26.3 Å². The minimum atomic E-state index is -0.421. The van der Waals surface area contributed by atoms with Crippen molar-refractivity contribution in [3.05, 3.63) is 39.9 Å². The topological polar surface area (TPSA) is 99.9 Å². The number of aliphatic imine (C=N–C) groups is 1. The van der Waals surface area contributed by atoms with Crippen LogP contribution < -0.4 is 10.6 Å². The monoisotopic (exact) mass is 349 g/mol. The molecule has 0 fully saturated rings. The van der Waals surface area contributed by atoms with Crippen molar-refractivity contribution in [2.24, 2.45) is 4.99 Å². The molecule has 0 aliphatic carbocycles. The lowest BCUT2D eigenvalue weighted by Crippen LogP contribution is -2.40. The van der Waals surface area contributed by atoms with Crippen molar-refractivity contribution < 1.29 is 9.72 Å². The van der Waals surface area contributed by atoms with Crippen LogP contribution in [0.1, 0.15) is 32.8 Å². The highest BCUT2D eigenvalue weighted by atomic mass is 16.6. The van der Waals surface area contributed by atoms with Crippen molar-refractivity contribution in [2.75, 3.05) is 26.2 Å². The van der Waals surface area contributed by atoms with Gasteiger partial charge in [-0.15, -0.1) is 0 Å². The van der Waals surface area contributed by atoms with E-state index in [-0.39, 0.29) is 11.6 Å². The molecule has 8 nitrogen and oxygen atoms in total. The summed E-state index contributed by atoms with van der Waals surface area (Å²) >= 11 is 0. The highest BCUT2D eigenvalue weighted by Gasteiger charge is 2.09. The standard InChI is InChI=1S/C17H27N5O3/c1-4-18-17(19-11-10-16(23)21(5-2)6-3)20-13-14-8-7-9-15(12-14)22(24)25/h7-9,12H,4-6,10-11,13H2,1-3H3,(H2,18,19,20). The number of carbonyl (C=O) groups is 1. The fourth-order valence-corrected chi connectivity index (χ4v) is 2.30. The summed E-state index contributed by atoms with van der Waals surface area (Å²) in [5, 5.41) is 17.0. The van der Waals surface area contributed by atoms with Crippen molar-refractivity contribution in [3.8, 4) is 0 Å². The average Bonchev–Trinajstić information content (AvgIpc) is 2.61. The molecular weight excluding hydrogens is 322 g/mol. The molecule has 1 amide bonds. The largest absolute Gasteiger partial charge is 0.357 e. The Balaban J connectivity index is 2.61. The van der Waals surface area contributed by atoms with E-state index in [1.165, 1.54) is 12.1 Å². The number of nitrogens with one attached hydrogen (secondary N) is 2. The molecule has 1 aromatic carbocycles. The van der Waals surface area contributed by atoms with Crippen LogP contribution in [0.25, 0.3) is 0 Å². The maximum Gasteiger partial charge on any atom is 0.269 e. The van der Waals surface area contributed by atoms with E-state index in [1.54, 1.807) is 17.0 Å². The number of hydrogen-bond donors (Lipinski definition) is 2. The number of non-ortho nitro benzene ring substituents is 1. The number of benzene rings is 1. The van der Waals surface area contributed by atoms with Gasteiger partial charge in [0, 0.05) is 44.7 Å². The lowest BCUT2D eigenvalue weighted by atomic mass is 10.2. The molecule has 0 heterocycles. The molecule has 0 radical (unpaired) electrons. The number of nitro benzene ring substituents is 1. The number of guanidine groups is 1. The second-order valence-electron chi connectivity index (χ2n) is 5.36. The van der Waals surface area contributed by atoms with Gasteiger partial charge in [-0.1, -0.05) is 12.1 Å². The number of nitro groups is 1. The number of amides is 1. The van der Waals surface area contributed by atoms with Gasteiger partial charge >= 0.3 is 0 Å². The van der Waals surface area contributed by atoms with E-state index in [0.717, 1.165) is 5.56 Å². The average molecular weight is 349 g/mol. The van der Waals surface area contributed by atoms with Crippen molar-refractivity contribution in [1.82, 2.24) is 15.5 Å². The van der Waals surface area contributed by atoms with Gasteiger partial charge in [0.15, 0.2) is 5.96 Å². The first-order valence-electron chi connectivity index (χ1n) is 8.55. The van der Waals surface area contributed by atoms with Gasteiger partial charge in [-0.2, -0.15) is 0 Å². The Morgan fingerprint density at radius 2 is 1.96 bits per heavy atom. The van der Waals surface area contributed by atoms with Crippen LogP contribution in [-0.4, -0.2) is 47.9 Å². The second kappa shape index (κ2) is 11.0. The summed E-state index contributed by atoms with van der Waals surface area (Å²) in [4.78, 5) is 28.6. The Labute approximate surface area is 148 Å². The molecule has 1 rings (SSSR count). The lowest BCUT2D eigenvalue weighted by molar-refractivity contribution is -0.384. The van der Waals surface area contributed by atoms with E-state index in [2.05, 4.69) is 15.6 Å². The highest BCUT2D eigenvalue weighted by molar-refractivity contribution is 5.81. The maximum absolute atomic E-state index is 12.0. The van der Waals surface area contributed by atoms with Gasteiger partial charge in [0.1, 0.15) is 0 Å². The predicted octanol–water partition coefficient (Wildman–Crippen LogP) is 1.91. The van der Waals surface area contributed by atoms with Crippen LogP contribution in [0.2, 0.25) is 0 Å². The molecule has 0 aromatic heterocycles. The molecule has 25 heavy (non-hydrogen) atoms. The predicted molar refractivity (Wildman–Crippen MR) is 98.5 cm³/mol. The number of carbonyl (C=O) groups excluding carboxylic acids is 1. The summed E-state index contributed by atoms with van der Waals surface area (Å²) in [6, 6.07) is 6.41. The Morgan fingerprint density at radius 1 is 1.24 bits per heavy atom. The summed E-state index contributed by atoms with van der Waals surface area (Å²) in [7, 11) is 0. The Morgan fingerprint density at radius 3 is 2.56 bits per heavy atom. The third-order valence-electron chi connectivity index (χ3n) is 3.63. The third-order valence-corrected chi connectivity index (χ3v) is 3.63. The maximum atomic E-state index is 12.0. The van der Waals surface area contributed by atoms with Gasteiger partial charge in [-0.3, -0.25) is 14.9 Å². The first kappa shape index (κ1) is 20.4. The van der Waals surface area contributed by atoms with E-state index < -0.39 is 4.92 Å². The van der Waals surface area contributed by atoms with Crippen LogP contribution in [0.15, 0.2) is 29.3 Å². The fourth-order valence-electron chi connectivity index (χ4n) is 2.30. The minimum absolute atomic E-state index is 0.0514. The minimum Gasteiger partial charge on any atom is -0.357 e. The smallest absolute Gasteiger partial charge is 0.269 e. The lowest BCUT2D eigenvalue weighted by Gasteiger charge is -2.19. The molecule has 0 atom stereocenters. The quantitative estimate of drug-likeness (QED) is 0.307. The van der Waals surface area contributed by atoms with Crippen molar-refractivity contribution in [1.29, 1.82) is 0 Å². The Hall–Kier alpha value is -2.64. The SMILES string of the molecule is CCNC(=NCc1cccc([N+](=O)[O-])c1)NCCC(=O)N(CC)CC. The molecule has 0 spiro atoms. The summed E-state index contributed by atoms with van der Waals surface area (Å²) in [5.74, 6) is 0.688. The molecule has 0 unspecified atom stereocenters. The zero-order chi connectivity index (χ0) is 18.7. The van der Waals surface area contributed by atoms with Gasteiger partial charge < -0.3 is 15.5 Å². The first-order valence-corrected chi connectivity index (χ1v) is 8.55. The molecule has 138 valence electrons. The molecule has 0 aliphatic heterocycles. The van der Waals surface area contributed by atoms with Crippen LogP contribution in [0.4, 0.5) is 5.69 Å². The molecule has 0 saturated carbocycles. The van der Waals surface area contributed by atoms with E-state index in [4.69, 9.17) is 0 Å². The van der Waals surface area contributed by atoms with Crippen molar-refractivity contribution in [2.45, 2.75) is 33.7 Å². The fraction of sp³-hybridized carbons (Fsp3) is 0.529. The van der Waals surface area contributed by atoms with Crippen LogP contribution in [0, 0.1) is 10.1 Å². The molecule has 2 N–H and O–H groups in total. The number of rotatable bonds is 9. The van der Waals surface area contributed by atoms with Crippen LogP contribution in [-0.2, 0) is 11.3 Å². The zero-order valence-corrected chi connectivity index (χ0v) is 15.1. The molecule has 0 saturated heterocycles. The van der Waals surface area contributed by atoms with Gasteiger partial charge in [0.05, 0.1) is 11.5 Å². The third kappa shape index (κ3) is 7.19. The van der Waals surface area contributed by atoms with Gasteiger partial charge in [0.25, 0.3) is 5.69 Å². The summed E-state index contributed by atoms with van der Waals surface area (Å²) in [5.41, 5.74) is 0.807. The van der Waals surface area contributed by atoms with E-state index >= 15 is 0 Å². The number of hydrogen-bond acceptors (Lipinski definition) is 4. The van der Waals surface area contributed by atoms with E-state index in [0.29, 0.717) is 45.1 Å². The zero-order valence-electron chi connectivity index (χ0n) is 15.1. The summed E-state index contributed by atoms with van der Waals surface area (Å²) < 4.78 is 0. The van der Waals surface area contributed by atoms with Crippen LogP contribution in [0.3, 0.4) is 0 Å². The Bertz CT molecular complexity index is 600. The van der Waals surface area contributed by atoms with Gasteiger partial charge in [-0.25, -0.2) is 4.99 Å². The molecular formula is C17H27N5O3. The molecule has 1 aromatic rings. The van der Waals surface area contributed by atoms with Crippen molar-refractivity contribution in [3.63, 3.8) is 0 Å². The summed E-state index contributed by atoms with van der Waals surface area (Å²) in [6.07, 6.45) is 0.392. The van der Waals surface area contributed by atoms with E-state index in [1.807, 2.05) is 20.8 Å². The van der Waals surface area contributed by atoms with Crippen molar-refractivity contribution >= 4 is 17.6 Å². The number of nitrogens with zero attached hydrogens (tertiary/aromatic N) is 3. The molecule has 0 bridgehead atoms. The highest BCUT2D eigenvalue weighted by Crippen LogP contribution is 2.13. The van der Waals surface area contributed by atoms with E-state index in [9.17, 15) is 14.9 Å². The summed E-state index contributed by atoms with van der Waals surface area (Å²) in [6.45, 7) is 8.76. The first-order chi connectivity index (χ1) is 12.0. The second-order valence-corrected chi connectivity index (χ2v) is 5.36. The molecule has 8 heteroatoms. The normalized spacial score (nSPS) is 11.1. The van der Waals surface area contributed by atoms with Crippen LogP contribution in [0.5, 0.6) is 0 Å². The Kier molecular flexibility index (Phi) is 8.99.